The minimum atomic E-state index is -1.17. The van der Waals surface area contributed by atoms with E-state index < -0.39 is 48.5 Å². The SMILES string of the molecule is N=C(N)c1ccc(N2CCN(CC(=O)NC(CC(=O)O)c3ccc(F)cc3)C(=O)C2=O)cc1. The van der Waals surface area contributed by atoms with Crippen molar-refractivity contribution in [1.29, 1.82) is 5.41 Å². The molecule has 1 saturated heterocycles. The molecule has 2 aromatic carbocycles. The van der Waals surface area contributed by atoms with Crippen LogP contribution >= 0.6 is 0 Å². The first-order valence-corrected chi connectivity index (χ1v) is 9.97. The van der Waals surface area contributed by atoms with Crippen LogP contribution in [0.1, 0.15) is 23.6 Å². The van der Waals surface area contributed by atoms with Gasteiger partial charge in [-0.1, -0.05) is 12.1 Å². The van der Waals surface area contributed by atoms with E-state index in [1.165, 1.54) is 17.0 Å². The number of nitrogens with two attached hydrogens (primary N) is 1. The smallest absolute Gasteiger partial charge is 0.316 e. The molecule has 0 saturated carbocycles. The zero-order valence-corrected chi connectivity index (χ0v) is 17.5. The van der Waals surface area contributed by atoms with E-state index >= 15 is 0 Å². The summed E-state index contributed by atoms with van der Waals surface area (Å²) in [6.45, 7) is -0.195. The van der Waals surface area contributed by atoms with Crippen molar-refractivity contribution in [1.82, 2.24) is 10.2 Å². The van der Waals surface area contributed by atoms with E-state index in [2.05, 4.69) is 5.32 Å². The first-order valence-electron chi connectivity index (χ1n) is 9.97. The molecule has 3 amide bonds. The number of rotatable bonds is 8. The molecule has 1 aliphatic rings. The number of amides is 3. The molecule has 0 spiro atoms. The summed E-state index contributed by atoms with van der Waals surface area (Å²) in [6, 6.07) is 10.4. The number of nitrogens with one attached hydrogen (secondary N) is 2. The Morgan fingerprint density at radius 1 is 1.06 bits per heavy atom. The summed E-state index contributed by atoms with van der Waals surface area (Å²) in [7, 11) is 0. The molecule has 10 nitrogen and oxygen atoms in total. The number of nitrogen functional groups attached to an aromatic ring is 1. The summed E-state index contributed by atoms with van der Waals surface area (Å²) < 4.78 is 13.2. The average Bonchev–Trinajstić information content (AvgIpc) is 2.77. The van der Waals surface area contributed by atoms with Gasteiger partial charge >= 0.3 is 17.8 Å². The van der Waals surface area contributed by atoms with E-state index in [-0.39, 0.29) is 18.9 Å². The van der Waals surface area contributed by atoms with Gasteiger partial charge in [0.1, 0.15) is 18.2 Å². The van der Waals surface area contributed by atoms with Crippen LogP contribution in [0.15, 0.2) is 48.5 Å². The van der Waals surface area contributed by atoms with Crippen LogP contribution in [0.2, 0.25) is 0 Å². The van der Waals surface area contributed by atoms with Gasteiger partial charge in [0.2, 0.25) is 5.91 Å². The van der Waals surface area contributed by atoms with Crippen LogP contribution in [0, 0.1) is 11.2 Å². The Morgan fingerprint density at radius 2 is 1.70 bits per heavy atom. The number of benzene rings is 2. The number of halogens is 1. The predicted molar refractivity (Wildman–Crippen MR) is 116 cm³/mol. The Bertz CT molecular complexity index is 1090. The van der Waals surface area contributed by atoms with Crippen LogP contribution in [-0.4, -0.2) is 59.2 Å². The third-order valence-electron chi connectivity index (χ3n) is 5.12. The van der Waals surface area contributed by atoms with Crippen molar-refractivity contribution >= 4 is 35.2 Å². The van der Waals surface area contributed by atoms with E-state index in [1.807, 2.05) is 0 Å². The van der Waals surface area contributed by atoms with Crippen molar-refractivity contribution in [3.63, 3.8) is 0 Å². The number of hydrogen-bond acceptors (Lipinski definition) is 5. The largest absolute Gasteiger partial charge is 0.481 e. The van der Waals surface area contributed by atoms with Crippen molar-refractivity contribution in [2.45, 2.75) is 12.5 Å². The van der Waals surface area contributed by atoms with Gasteiger partial charge in [-0.3, -0.25) is 24.6 Å². The average molecular weight is 455 g/mol. The van der Waals surface area contributed by atoms with Crippen molar-refractivity contribution in [3.05, 3.63) is 65.5 Å². The molecular weight excluding hydrogens is 433 g/mol. The fourth-order valence-electron chi connectivity index (χ4n) is 3.43. The van der Waals surface area contributed by atoms with Crippen molar-refractivity contribution in [2.24, 2.45) is 5.73 Å². The highest BCUT2D eigenvalue weighted by Gasteiger charge is 2.34. The maximum atomic E-state index is 13.2. The quantitative estimate of drug-likeness (QED) is 0.260. The lowest BCUT2D eigenvalue weighted by atomic mass is 10.0. The fraction of sp³-hybridized carbons (Fsp3) is 0.227. The molecule has 0 aromatic heterocycles. The lowest BCUT2D eigenvalue weighted by Crippen LogP contribution is -2.56. The van der Waals surface area contributed by atoms with Gasteiger partial charge in [-0.05, 0) is 42.0 Å². The van der Waals surface area contributed by atoms with Crippen molar-refractivity contribution in [3.8, 4) is 0 Å². The third kappa shape index (κ3) is 5.70. The van der Waals surface area contributed by atoms with E-state index in [0.29, 0.717) is 16.8 Å². The standard InChI is InChI=1S/C22H22FN5O5/c23-15-5-1-13(2-6-15)17(11-19(30)31)26-18(29)12-27-9-10-28(22(33)21(27)32)16-7-3-14(4-8-16)20(24)25/h1-8,17H,9-12H2,(H3,24,25)(H,26,29)(H,30,31). The third-order valence-corrected chi connectivity index (χ3v) is 5.12. The Labute approximate surface area is 188 Å². The first kappa shape index (κ1) is 23.4. The molecule has 1 aliphatic heterocycles. The molecule has 3 rings (SSSR count). The second-order valence-corrected chi connectivity index (χ2v) is 7.41. The molecule has 33 heavy (non-hydrogen) atoms. The Hall–Kier alpha value is -4.28. The van der Waals surface area contributed by atoms with Gasteiger partial charge < -0.3 is 26.0 Å². The summed E-state index contributed by atoms with van der Waals surface area (Å²) in [6.07, 6.45) is -0.436. The number of hydrogen-bond donors (Lipinski definition) is 4. The van der Waals surface area contributed by atoms with E-state index in [9.17, 15) is 23.6 Å². The monoisotopic (exact) mass is 455 g/mol. The molecule has 0 aliphatic carbocycles. The Morgan fingerprint density at radius 3 is 2.27 bits per heavy atom. The molecule has 11 heteroatoms. The van der Waals surface area contributed by atoms with Crippen LogP contribution in [-0.2, 0) is 19.2 Å². The molecule has 1 unspecified atom stereocenters. The molecule has 1 atom stereocenters. The van der Waals surface area contributed by atoms with Crippen LogP contribution in [0.4, 0.5) is 10.1 Å². The second-order valence-electron chi connectivity index (χ2n) is 7.41. The van der Waals surface area contributed by atoms with Gasteiger partial charge in [0.25, 0.3) is 0 Å². The minimum absolute atomic E-state index is 0.0899. The van der Waals surface area contributed by atoms with Gasteiger partial charge in [0.15, 0.2) is 0 Å². The highest BCUT2D eigenvalue weighted by molar-refractivity contribution is 6.41. The molecular formula is C22H22FN5O5. The molecule has 172 valence electrons. The predicted octanol–water partition coefficient (Wildman–Crippen LogP) is 0.617. The molecule has 0 radical (unpaired) electrons. The van der Waals surface area contributed by atoms with Gasteiger partial charge in [-0.15, -0.1) is 0 Å². The molecule has 2 aromatic rings. The second kappa shape index (κ2) is 9.90. The number of aliphatic carboxylic acids is 1. The van der Waals surface area contributed by atoms with Crippen molar-refractivity contribution in [2.75, 3.05) is 24.5 Å². The number of carbonyl (C=O) groups is 4. The molecule has 1 fully saturated rings. The lowest BCUT2D eigenvalue weighted by Gasteiger charge is -2.33. The summed E-state index contributed by atoms with van der Waals surface area (Å²) in [4.78, 5) is 51.2. The summed E-state index contributed by atoms with van der Waals surface area (Å²) in [5.74, 6) is -4.13. The van der Waals surface area contributed by atoms with E-state index in [1.54, 1.807) is 24.3 Å². The topological polar surface area (TPSA) is 157 Å². The van der Waals surface area contributed by atoms with Crippen LogP contribution < -0.4 is 16.0 Å². The number of carboxylic acids is 1. The number of carbonyl (C=O) groups excluding carboxylic acids is 3. The molecule has 0 bridgehead atoms. The molecule has 5 N–H and O–H groups in total. The van der Waals surface area contributed by atoms with Crippen LogP contribution in [0.3, 0.4) is 0 Å². The zero-order valence-electron chi connectivity index (χ0n) is 17.5. The highest BCUT2D eigenvalue weighted by atomic mass is 19.1. The van der Waals surface area contributed by atoms with Crippen molar-refractivity contribution < 1.29 is 28.7 Å². The van der Waals surface area contributed by atoms with Gasteiger partial charge in [0, 0.05) is 24.3 Å². The zero-order chi connectivity index (χ0) is 24.1. The van der Waals surface area contributed by atoms with Gasteiger partial charge in [-0.2, -0.15) is 0 Å². The lowest BCUT2D eigenvalue weighted by molar-refractivity contribution is -0.147. The fourth-order valence-corrected chi connectivity index (χ4v) is 3.43. The maximum absolute atomic E-state index is 13.2. The van der Waals surface area contributed by atoms with E-state index in [0.717, 1.165) is 17.0 Å². The minimum Gasteiger partial charge on any atom is -0.481 e. The number of nitrogens with zero attached hydrogens (tertiary/aromatic N) is 2. The first-order chi connectivity index (χ1) is 15.7. The summed E-state index contributed by atoms with van der Waals surface area (Å²) in [5, 5.41) is 19.1. The number of anilines is 1. The molecule has 1 heterocycles. The van der Waals surface area contributed by atoms with Crippen LogP contribution in [0.5, 0.6) is 0 Å². The van der Waals surface area contributed by atoms with Gasteiger partial charge in [0.05, 0.1) is 12.5 Å². The number of carboxylic acid groups (broad SMARTS) is 1. The maximum Gasteiger partial charge on any atom is 0.316 e. The number of amidine groups is 1. The van der Waals surface area contributed by atoms with E-state index in [4.69, 9.17) is 16.2 Å². The normalized spacial score (nSPS) is 14.7. The van der Waals surface area contributed by atoms with Crippen LogP contribution in [0.25, 0.3) is 0 Å². The summed E-state index contributed by atoms with van der Waals surface area (Å²) in [5.41, 5.74) is 6.75. The Balaban J connectivity index is 1.64. The summed E-state index contributed by atoms with van der Waals surface area (Å²) >= 11 is 0. The van der Waals surface area contributed by atoms with Gasteiger partial charge in [-0.25, -0.2) is 4.39 Å². The number of piperazine rings is 1. The highest BCUT2D eigenvalue weighted by Crippen LogP contribution is 2.20. The Kier molecular flexibility index (Phi) is 7.01.